The zero-order valence-electron chi connectivity index (χ0n) is 32.1. The largest absolute Gasteiger partial charge is 0.444 e. The summed E-state index contributed by atoms with van der Waals surface area (Å²) in [7, 11) is 0. The Labute approximate surface area is 328 Å². The predicted molar refractivity (Wildman–Crippen MR) is 222 cm³/mol. The van der Waals surface area contributed by atoms with Crippen molar-refractivity contribution in [1.29, 1.82) is 0 Å². The van der Waals surface area contributed by atoms with Crippen molar-refractivity contribution in [1.82, 2.24) is 19.7 Å². The number of Topliss-reactive ketones (excluding diaryl/α,β-unsaturated/α-hetero) is 1. The van der Waals surface area contributed by atoms with Crippen LogP contribution in [0.5, 0.6) is 0 Å². The molecule has 1 fully saturated rings. The normalized spacial score (nSPS) is 16.1. The summed E-state index contributed by atoms with van der Waals surface area (Å²) in [6, 6.07) is 51.7. The molecule has 0 saturated carbocycles. The first kappa shape index (κ1) is 36.6. The number of hydrogen-bond acceptors (Lipinski definition) is 5. The van der Waals surface area contributed by atoms with Gasteiger partial charge >= 0.3 is 6.09 Å². The summed E-state index contributed by atoms with van der Waals surface area (Å²) in [5.74, 6) is 0.0777. The number of ketones is 1. The van der Waals surface area contributed by atoms with Crippen molar-refractivity contribution in [2.75, 3.05) is 13.1 Å². The Kier molecular flexibility index (Phi) is 10.1. The minimum Gasteiger partial charge on any atom is -0.444 e. The van der Waals surface area contributed by atoms with Gasteiger partial charge in [0, 0.05) is 54.3 Å². The molecule has 8 rings (SSSR count). The fourth-order valence-electron chi connectivity index (χ4n) is 8.35. The average Bonchev–Trinajstić information content (AvgIpc) is 3.61. The molecule has 0 aliphatic carbocycles. The van der Waals surface area contributed by atoms with Gasteiger partial charge < -0.3 is 9.64 Å². The van der Waals surface area contributed by atoms with E-state index in [0.29, 0.717) is 25.1 Å². The molecule has 1 saturated heterocycles. The van der Waals surface area contributed by atoms with Gasteiger partial charge in [0.1, 0.15) is 16.8 Å². The molecule has 0 N–H and O–H groups in total. The SMILES string of the molecule is CC(C)(C)OC(=O)N1CC(CC(=O)c2ccc3c(c2)c(-c2ccncc2)nn3C(c2ccccc2)(c2ccccc2)c2ccccc2)CC(c2ccccc2)C1. The lowest BCUT2D eigenvalue weighted by Crippen LogP contribution is -2.45. The van der Waals surface area contributed by atoms with E-state index in [1.54, 1.807) is 17.3 Å². The Bertz CT molecular complexity index is 2330. The molecule has 5 aromatic carbocycles. The number of amides is 1. The van der Waals surface area contributed by atoms with Gasteiger partial charge in [0.15, 0.2) is 5.78 Å². The van der Waals surface area contributed by atoms with E-state index in [0.717, 1.165) is 50.8 Å². The van der Waals surface area contributed by atoms with Crippen molar-refractivity contribution in [3.8, 4) is 11.3 Å². The van der Waals surface area contributed by atoms with Crippen LogP contribution in [0.1, 0.15) is 72.1 Å². The molecule has 0 spiro atoms. The van der Waals surface area contributed by atoms with Gasteiger partial charge in [-0.1, -0.05) is 121 Å². The van der Waals surface area contributed by atoms with Crippen LogP contribution in [-0.2, 0) is 10.3 Å². The van der Waals surface area contributed by atoms with E-state index in [1.807, 2.05) is 87.5 Å². The molecular weight excluding hydrogens is 693 g/mol. The molecule has 1 amide bonds. The Balaban J connectivity index is 1.24. The number of pyridine rings is 1. The number of benzene rings is 5. The van der Waals surface area contributed by atoms with Crippen LogP contribution < -0.4 is 0 Å². The van der Waals surface area contributed by atoms with E-state index in [1.165, 1.54) is 0 Å². The lowest BCUT2D eigenvalue weighted by molar-refractivity contribution is 0.0136. The summed E-state index contributed by atoms with van der Waals surface area (Å²) in [6.07, 6.45) is 4.30. The zero-order valence-corrected chi connectivity index (χ0v) is 32.1. The van der Waals surface area contributed by atoms with Gasteiger partial charge in [0.2, 0.25) is 0 Å². The second-order valence-electron chi connectivity index (χ2n) is 15.8. The van der Waals surface area contributed by atoms with Crippen LogP contribution in [0.15, 0.2) is 164 Å². The highest BCUT2D eigenvalue weighted by atomic mass is 16.6. The number of carbonyl (C=O) groups is 2. The lowest BCUT2D eigenvalue weighted by atomic mass is 9.77. The van der Waals surface area contributed by atoms with E-state index >= 15 is 0 Å². The van der Waals surface area contributed by atoms with Crippen molar-refractivity contribution in [2.24, 2.45) is 5.92 Å². The molecule has 7 heteroatoms. The van der Waals surface area contributed by atoms with Crippen LogP contribution in [-0.4, -0.2) is 50.2 Å². The monoisotopic (exact) mass is 738 g/mol. The highest BCUT2D eigenvalue weighted by molar-refractivity contribution is 6.03. The quantitative estimate of drug-likeness (QED) is 0.109. The van der Waals surface area contributed by atoms with E-state index in [9.17, 15) is 9.59 Å². The van der Waals surface area contributed by atoms with Gasteiger partial charge in [-0.2, -0.15) is 5.10 Å². The van der Waals surface area contributed by atoms with Crippen LogP contribution >= 0.6 is 0 Å². The smallest absolute Gasteiger partial charge is 0.410 e. The molecule has 1 aliphatic rings. The number of aromatic nitrogens is 3. The number of ether oxygens (including phenoxy) is 1. The third-order valence-electron chi connectivity index (χ3n) is 10.8. The summed E-state index contributed by atoms with van der Waals surface area (Å²) in [6.45, 7) is 6.65. The molecule has 0 radical (unpaired) electrons. The minimum atomic E-state index is -0.849. The van der Waals surface area contributed by atoms with Gasteiger partial charge in [-0.05, 0) is 85.7 Å². The Morgan fingerprint density at radius 2 is 1.25 bits per heavy atom. The molecule has 7 aromatic rings. The highest BCUT2D eigenvalue weighted by Crippen LogP contribution is 2.44. The second-order valence-corrected chi connectivity index (χ2v) is 15.8. The van der Waals surface area contributed by atoms with Gasteiger partial charge in [0.25, 0.3) is 0 Å². The van der Waals surface area contributed by atoms with Crippen molar-refractivity contribution in [3.63, 3.8) is 0 Å². The third-order valence-corrected chi connectivity index (χ3v) is 10.8. The Morgan fingerprint density at radius 1 is 0.696 bits per heavy atom. The average molecular weight is 739 g/mol. The fourth-order valence-corrected chi connectivity index (χ4v) is 8.35. The molecule has 280 valence electrons. The van der Waals surface area contributed by atoms with Crippen LogP contribution in [0.3, 0.4) is 0 Å². The number of carbonyl (C=O) groups excluding carboxylic acids is 2. The molecule has 2 aromatic heterocycles. The molecule has 56 heavy (non-hydrogen) atoms. The van der Waals surface area contributed by atoms with Crippen molar-refractivity contribution in [2.45, 2.75) is 50.7 Å². The fraction of sp³-hybridized carbons (Fsp3) is 0.224. The van der Waals surface area contributed by atoms with Crippen molar-refractivity contribution >= 4 is 22.8 Å². The number of nitrogens with zero attached hydrogens (tertiary/aromatic N) is 4. The highest BCUT2D eigenvalue weighted by Gasteiger charge is 2.41. The number of fused-ring (bicyclic) bond motifs is 1. The summed E-state index contributed by atoms with van der Waals surface area (Å²) in [5, 5.41) is 6.37. The number of piperidine rings is 1. The number of likely N-dealkylation sites (tertiary alicyclic amines) is 1. The maximum absolute atomic E-state index is 14.4. The first-order valence-electron chi connectivity index (χ1n) is 19.4. The minimum absolute atomic E-state index is 0.0311. The molecular formula is C49H46N4O3. The third kappa shape index (κ3) is 7.25. The van der Waals surface area contributed by atoms with Gasteiger partial charge in [-0.25, -0.2) is 9.48 Å². The number of hydrogen-bond donors (Lipinski definition) is 0. The second kappa shape index (κ2) is 15.4. The molecule has 1 aliphatic heterocycles. The Hall–Kier alpha value is -6.34. The lowest BCUT2D eigenvalue weighted by Gasteiger charge is -2.38. The summed E-state index contributed by atoms with van der Waals surface area (Å²) in [4.78, 5) is 33.9. The number of rotatable bonds is 9. The van der Waals surface area contributed by atoms with Crippen LogP contribution in [0.25, 0.3) is 22.2 Å². The first-order chi connectivity index (χ1) is 27.2. The predicted octanol–water partition coefficient (Wildman–Crippen LogP) is 10.6. The topological polar surface area (TPSA) is 77.3 Å². The van der Waals surface area contributed by atoms with Crippen LogP contribution in [0, 0.1) is 5.92 Å². The maximum atomic E-state index is 14.4. The summed E-state index contributed by atoms with van der Waals surface area (Å²) < 4.78 is 7.95. The molecule has 7 nitrogen and oxygen atoms in total. The van der Waals surface area contributed by atoms with Crippen LogP contribution in [0.2, 0.25) is 0 Å². The Morgan fingerprint density at radius 3 is 1.80 bits per heavy atom. The van der Waals surface area contributed by atoms with Gasteiger partial charge in [-0.3, -0.25) is 9.78 Å². The standard InChI is InChI=1S/C49H46N4O3/c1-48(2,3)56-47(55)52-33-35(30-39(34-52)36-16-8-4-9-17-36)31-45(54)38-24-25-44-43(32-38)46(37-26-28-50-29-27-37)51-53(44)49(40-18-10-5-11-19-40,41-20-12-6-13-21-41)42-22-14-7-15-23-42/h4-29,32,35,39H,30-31,33-34H2,1-3H3. The molecule has 2 atom stereocenters. The zero-order chi connectivity index (χ0) is 38.7. The maximum Gasteiger partial charge on any atom is 0.410 e. The van der Waals surface area contributed by atoms with Crippen LogP contribution in [0.4, 0.5) is 4.79 Å². The van der Waals surface area contributed by atoms with E-state index in [-0.39, 0.29) is 23.7 Å². The summed E-state index contributed by atoms with van der Waals surface area (Å²) >= 11 is 0. The van der Waals surface area contributed by atoms with E-state index < -0.39 is 11.1 Å². The van der Waals surface area contributed by atoms with E-state index in [2.05, 4.69) is 94.6 Å². The molecule has 3 heterocycles. The molecule has 0 bridgehead atoms. The van der Waals surface area contributed by atoms with Gasteiger partial charge in [0.05, 0.1) is 5.52 Å². The summed E-state index contributed by atoms with van der Waals surface area (Å²) in [5.41, 5.74) is 6.04. The first-order valence-corrected chi connectivity index (χ1v) is 19.4. The van der Waals surface area contributed by atoms with Crippen molar-refractivity contribution < 1.29 is 14.3 Å². The van der Waals surface area contributed by atoms with Gasteiger partial charge in [-0.15, -0.1) is 0 Å². The molecule has 2 unspecified atom stereocenters. The van der Waals surface area contributed by atoms with Crippen molar-refractivity contribution in [3.05, 3.63) is 192 Å². The van der Waals surface area contributed by atoms with E-state index in [4.69, 9.17) is 9.84 Å².